The summed E-state index contributed by atoms with van der Waals surface area (Å²) >= 11 is 11.3. The van der Waals surface area contributed by atoms with Crippen molar-refractivity contribution in [3.05, 3.63) is 23.2 Å². The molecule has 1 fully saturated rings. The first-order valence-corrected chi connectivity index (χ1v) is 7.41. The quantitative estimate of drug-likeness (QED) is 0.835. The van der Waals surface area contributed by atoms with Gasteiger partial charge in [-0.05, 0) is 50.2 Å². The molecule has 0 bridgehead atoms. The van der Waals surface area contributed by atoms with E-state index in [9.17, 15) is 0 Å². The average molecular weight is 315 g/mol. The molecule has 0 radical (unpaired) electrons. The Labute approximate surface area is 129 Å². The minimum absolute atomic E-state index is 0.169. The lowest BCUT2D eigenvalue weighted by Crippen LogP contribution is -2.42. The van der Waals surface area contributed by atoms with Crippen LogP contribution in [0.1, 0.15) is 19.8 Å². The molecule has 1 saturated heterocycles. The Bertz CT molecular complexity index is 478. The van der Waals surface area contributed by atoms with Gasteiger partial charge < -0.3 is 20.1 Å². The van der Waals surface area contributed by atoms with Gasteiger partial charge in [0.1, 0.15) is 5.75 Å². The molecule has 0 saturated carbocycles. The second-order valence-electron chi connectivity index (χ2n) is 4.78. The zero-order valence-electron chi connectivity index (χ0n) is 11.6. The van der Waals surface area contributed by atoms with Gasteiger partial charge in [0, 0.05) is 11.6 Å². The van der Waals surface area contributed by atoms with Crippen molar-refractivity contribution in [1.29, 1.82) is 0 Å². The number of anilines is 1. The molecule has 2 unspecified atom stereocenters. The van der Waals surface area contributed by atoms with Crippen LogP contribution >= 0.6 is 23.8 Å². The molecule has 20 heavy (non-hydrogen) atoms. The number of methoxy groups -OCH3 is 1. The largest absolute Gasteiger partial charge is 0.495 e. The lowest BCUT2D eigenvalue weighted by atomic mass is 10.1. The lowest BCUT2D eigenvalue weighted by Gasteiger charge is -2.22. The molecule has 1 aliphatic heterocycles. The van der Waals surface area contributed by atoms with E-state index in [0.29, 0.717) is 15.9 Å². The molecule has 1 aromatic rings. The van der Waals surface area contributed by atoms with Gasteiger partial charge in [-0.3, -0.25) is 0 Å². The maximum atomic E-state index is 5.99. The standard InChI is InChI=1S/C14H19ClN2O2S/c1-9(12-4-3-7-19-12)16-14(20)17-11-8-10(15)5-6-13(11)18-2/h5-6,8-9,12H,3-4,7H2,1-2H3,(H2,16,17,20). The maximum absolute atomic E-state index is 5.99. The van der Waals surface area contributed by atoms with Crippen molar-refractivity contribution in [2.45, 2.75) is 31.9 Å². The van der Waals surface area contributed by atoms with Gasteiger partial charge in [-0.1, -0.05) is 11.6 Å². The van der Waals surface area contributed by atoms with Crippen molar-refractivity contribution in [3.8, 4) is 5.75 Å². The van der Waals surface area contributed by atoms with E-state index in [2.05, 4.69) is 17.6 Å². The van der Waals surface area contributed by atoms with Crippen LogP contribution in [0.4, 0.5) is 5.69 Å². The van der Waals surface area contributed by atoms with E-state index in [1.807, 2.05) is 0 Å². The van der Waals surface area contributed by atoms with E-state index >= 15 is 0 Å². The van der Waals surface area contributed by atoms with Gasteiger partial charge >= 0.3 is 0 Å². The van der Waals surface area contributed by atoms with E-state index < -0.39 is 0 Å². The summed E-state index contributed by atoms with van der Waals surface area (Å²) in [6.07, 6.45) is 2.40. The topological polar surface area (TPSA) is 42.5 Å². The molecule has 4 nitrogen and oxygen atoms in total. The van der Waals surface area contributed by atoms with Crippen LogP contribution < -0.4 is 15.4 Å². The fourth-order valence-corrected chi connectivity index (χ4v) is 2.70. The Kier molecular flexibility index (Phi) is 5.46. The molecule has 2 atom stereocenters. The number of rotatable bonds is 4. The number of hydrogen-bond acceptors (Lipinski definition) is 3. The highest BCUT2D eigenvalue weighted by Gasteiger charge is 2.22. The SMILES string of the molecule is COc1ccc(Cl)cc1NC(=S)NC(C)C1CCCO1. The number of nitrogens with one attached hydrogen (secondary N) is 2. The molecular formula is C14H19ClN2O2S. The van der Waals surface area contributed by atoms with Crippen molar-refractivity contribution >= 4 is 34.6 Å². The summed E-state index contributed by atoms with van der Waals surface area (Å²) in [5.41, 5.74) is 0.747. The van der Waals surface area contributed by atoms with Crippen LogP contribution in [-0.2, 0) is 4.74 Å². The number of hydrogen-bond donors (Lipinski definition) is 2. The van der Waals surface area contributed by atoms with E-state index in [1.165, 1.54) is 0 Å². The third-order valence-corrected chi connectivity index (χ3v) is 3.75. The summed E-state index contributed by atoms with van der Waals surface area (Å²) in [5.74, 6) is 0.698. The monoisotopic (exact) mass is 314 g/mol. The minimum Gasteiger partial charge on any atom is -0.495 e. The van der Waals surface area contributed by atoms with Crippen molar-refractivity contribution < 1.29 is 9.47 Å². The van der Waals surface area contributed by atoms with Crippen LogP contribution in [0.15, 0.2) is 18.2 Å². The summed E-state index contributed by atoms with van der Waals surface area (Å²) < 4.78 is 10.9. The molecule has 2 rings (SSSR count). The summed E-state index contributed by atoms with van der Waals surface area (Å²) in [5, 5.41) is 7.51. The highest BCUT2D eigenvalue weighted by molar-refractivity contribution is 7.80. The summed E-state index contributed by atoms with van der Waals surface area (Å²) in [4.78, 5) is 0. The van der Waals surface area contributed by atoms with Crippen molar-refractivity contribution in [1.82, 2.24) is 5.32 Å². The normalized spacial score (nSPS) is 19.4. The van der Waals surface area contributed by atoms with E-state index in [4.69, 9.17) is 33.3 Å². The molecule has 0 aliphatic carbocycles. The fraction of sp³-hybridized carbons (Fsp3) is 0.500. The molecule has 0 spiro atoms. The Morgan fingerprint density at radius 3 is 3.00 bits per heavy atom. The first-order valence-electron chi connectivity index (χ1n) is 6.63. The van der Waals surface area contributed by atoms with Crippen molar-refractivity contribution in [3.63, 3.8) is 0 Å². The van der Waals surface area contributed by atoms with E-state index in [1.54, 1.807) is 25.3 Å². The third-order valence-electron chi connectivity index (χ3n) is 3.29. The van der Waals surface area contributed by atoms with Crippen LogP contribution in [0.2, 0.25) is 5.02 Å². The number of thiocarbonyl (C=S) groups is 1. The highest BCUT2D eigenvalue weighted by Crippen LogP contribution is 2.27. The molecule has 1 heterocycles. The van der Waals surface area contributed by atoms with E-state index in [-0.39, 0.29) is 12.1 Å². The molecule has 6 heteroatoms. The molecule has 110 valence electrons. The van der Waals surface area contributed by atoms with E-state index in [0.717, 1.165) is 25.1 Å². The summed E-state index contributed by atoms with van der Waals surface area (Å²) in [7, 11) is 1.61. The van der Waals surface area contributed by atoms with Gasteiger partial charge in [-0.2, -0.15) is 0 Å². The van der Waals surface area contributed by atoms with Crippen molar-refractivity contribution in [2.75, 3.05) is 19.0 Å². The number of halogens is 1. The second-order valence-corrected chi connectivity index (χ2v) is 5.63. The first-order chi connectivity index (χ1) is 9.60. The molecule has 0 aromatic heterocycles. The zero-order valence-corrected chi connectivity index (χ0v) is 13.2. The smallest absolute Gasteiger partial charge is 0.171 e. The zero-order chi connectivity index (χ0) is 14.5. The van der Waals surface area contributed by atoms with Crippen LogP contribution in [0, 0.1) is 0 Å². The van der Waals surface area contributed by atoms with Crippen LogP contribution in [0.3, 0.4) is 0 Å². The predicted molar refractivity (Wildman–Crippen MR) is 85.8 cm³/mol. The third kappa shape index (κ3) is 3.98. The Morgan fingerprint density at radius 2 is 2.35 bits per heavy atom. The highest BCUT2D eigenvalue weighted by atomic mass is 35.5. The van der Waals surface area contributed by atoms with Gasteiger partial charge in [0.2, 0.25) is 0 Å². The lowest BCUT2D eigenvalue weighted by molar-refractivity contribution is 0.0895. The van der Waals surface area contributed by atoms with Gasteiger partial charge in [0.05, 0.1) is 24.9 Å². The molecule has 2 N–H and O–H groups in total. The Morgan fingerprint density at radius 1 is 1.55 bits per heavy atom. The maximum Gasteiger partial charge on any atom is 0.171 e. The second kappa shape index (κ2) is 7.11. The van der Waals surface area contributed by atoms with Crippen molar-refractivity contribution in [2.24, 2.45) is 0 Å². The van der Waals surface area contributed by atoms with Gasteiger partial charge in [-0.15, -0.1) is 0 Å². The average Bonchev–Trinajstić information content (AvgIpc) is 2.92. The molecule has 1 aliphatic rings. The number of ether oxygens (including phenoxy) is 2. The predicted octanol–water partition coefficient (Wildman–Crippen LogP) is 3.20. The van der Waals surface area contributed by atoms with Crippen LogP contribution in [0.5, 0.6) is 5.75 Å². The minimum atomic E-state index is 0.169. The van der Waals surface area contributed by atoms with Crippen LogP contribution in [-0.4, -0.2) is 31.0 Å². The fourth-order valence-electron chi connectivity index (χ4n) is 2.23. The van der Waals surface area contributed by atoms with Crippen LogP contribution in [0.25, 0.3) is 0 Å². The Hall–Kier alpha value is -1.04. The molecule has 0 amide bonds. The summed E-state index contributed by atoms with van der Waals surface area (Å²) in [6, 6.07) is 5.53. The van der Waals surface area contributed by atoms with Gasteiger partial charge in [0.25, 0.3) is 0 Å². The summed E-state index contributed by atoms with van der Waals surface area (Å²) in [6.45, 7) is 2.90. The Balaban J connectivity index is 1.95. The van der Waals surface area contributed by atoms with Gasteiger partial charge in [-0.25, -0.2) is 0 Å². The molecule has 1 aromatic carbocycles. The molecular weight excluding hydrogens is 296 g/mol. The number of benzene rings is 1. The first kappa shape index (κ1) is 15.4. The van der Waals surface area contributed by atoms with Gasteiger partial charge in [0.15, 0.2) is 5.11 Å².